The van der Waals surface area contributed by atoms with Crippen molar-refractivity contribution in [2.24, 2.45) is 5.92 Å². The summed E-state index contributed by atoms with van der Waals surface area (Å²) in [6.45, 7) is 0.924. The first kappa shape index (κ1) is 23.3. The highest BCUT2D eigenvalue weighted by Gasteiger charge is 2.32. The number of amides is 2. The Labute approximate surface area is 198 Å². The normalized spacial score (nSPS) is 16.1. The van der Waals surface area contributed by atoms with E-state index in [1.807, 2.05) is 48.5 Å². The third-order valence-corrected chi connectivity index (χ3v) is 6.57. The molecular formula is C26H27N3O5. The van der Waals surface area contributed by atoms with E-state index in [1.54, 1.807) is 4.90 Å². The quantitative estimate of drug-likeness (QED) is 0.651. The molecule has 2 N–H and O–H groups in total. The second-order valence-corrected chi connectivity index (χ2v) is 8.68. The van der Waals surface area contributed by atoms with E-state index < -0.39 is 18.1 Å². The highest BCUT2D eigenvalue weighted by molar-refractivity contribution is 5.86. The lowest BCUT2D eigenvalue weighted by atomic mass is 9.97. The number of aliphatic carboxylic acids is 1. The molecule has 2 aromatic carbocycles. The molecule has 2 aromatic rings. The molecule has 8 nitrogen and oxygen atoms in total. The van der Waals surface area contributed by atoms with E-state index >= 15 is 0 Å². The standard InChI is InChI=1S/C26H27N3O5/c27-15-17-11-13-29(14-12-17)25(32)23(9-10-24(30)31)28-26(33)34-16-22-20-7-3-1-5-18(20)19-6-2-4-8-21(19)22/h1-8,17,22-23H,9-14,16H2,(H,28,33)(H,30,31). The van der Waals surface area contributed by atoms with Gasteiger partial charge in [0, 0.05) is 31.3 Å². The van der Waals surface area contributed by atoms with Gasteiger partial charge in [0.25, 0.3) is 0 Å². The minimum Gasteiger partial charge on any atom is -0.481 e. The van der Waals surface area contributed by atoms with Crippen LogP contribution in [-0.4, -0.2) is 53.7 Å². The lowest BCUT2D eigenvalue weighted by Crippen LogP contribution is -2.51. The van der Waals surface area contributed by atoms with Crippen molar-refractivity contribution in [3.8, 4) is 17.2 Å². The Morgan fingerprint density at radius 3 is 2.21 bits per heavy atom. The van der Waals surface area contributed by atoms with Crippen LogP contribution in [0.5, 0.6) is 0 Å². The molecule has 0 saturated carbocycles. The lowest BCUT2D eigenvalue weighted by molar-refractivity contribution is -0.138. The van der Waals surface area contributed by atoms with Crippen molar-refractivity contribution < 1.29 is 24.2 Å². The summed E-state index contributed by atoms with van der Waals surface area (Å²) in [5, 5.41) is 20.7. The van der Waals surface area contributed by atoms with Crippen LogP contribution < -0.4 is 5.32 Å². The Morgan fingerprint density at radius 2 is 1.65 bits per heavy atom. The van der Waals surface area contributed by atoms with E-state index in [0.717, 1.165) is 22.3 Å². The zero-order chi connectivity index (χ0) is 24.1. The number of fused-ring (bicyclic) bond motifs is 3. The van der Waals surface area contributed by atoms with E-state index in [-0.39, 0.29) is 37.2 Å². The maximum Gasteiger partial charge on any atom is 0.407 e. The zero-order valence-corrected chi connectivity index (χ0v) is 18.8. The third kappa shape index (κ3) is 5.04. The number of nitrogens with one attached hydrogen (secondary N) is 1. The summed E-state index contributed by atoms with van der Waals surface area (Å²) in [6, 6.07) is 17.2. The van der Waals surface area contributed by atoms with Gasteiger partial charge in [0.2, 0.25) is 5.91 Å². The molecule has 8 heteroatoms. The molecule has 1 fully saturated rings. The number of carbonyl (C=O) groups is 3. The average molecular weight is 462 g/mol. The largest absolute Gasteiger partial charge is 0.481 e. The number of piperidine rings is 1. The lowest BCUT2D eigenvalue weighted by Gasteiger charge is -2.32. The van der Waals surface area contributed by atoms with E-state index in [2.05, 4.69) is 11.4 Å². The molecule has 34 heavy (non-hydrogen) atoms. The first-order valence-electron chi connectivity index (χ1n) is 11.5. The number of nitrogens with zero attached hydrogens (tertiary/aromatic N) is 2. The van der Waals surface area contributed by atoms with Gasteiger partial charge < -0.3 is 20.1 Å². The number of hydrogen-bond acceptors (Lipinski definition) is 5. The Balaban J connectivity index is 1.41. The Morgan fingerprint density at radius 1 is 1.06 bits per heavy atom. The van der Waals surface area contributed by atoms with Gasteiger partial charge in [-0.05, 0) is 41.5 Å². The van der Waals surface area contributed by atoms with Gasteiger partial charge in [0.15, 0.2) is 0 Å². The monoisotopic (exact) mass is 461 g/mol. The van der Waals surface area contributed by atoms with Gasteiger partial charge in [-0.25, -0.2) is 4.79 Å². The minimum absolute atomic E-state index is 0.0312. The maximum absolute atomic E-state index is 13.0. The van der Waals surface area contributed by atoms with Gasteiger partial charge >= 0.3 is 12.1 Å². The summed E-state index contributed by atoms with van der Waals surface area (Å²) in [5.41, 5.74) is 4.38. The molecule has 1 aliphatic carbocycles. The van der Waals surface area contributed by atoms with E-state index in [1.165, 1.54) is 0 Å². The van der Waals surface area contributed by atoms with Crippen molar-refractivity contribution in [1.29, 1.82) is 5.26 Å². The van der Waals surface area contributed by atoms with E-state index in [4.69, 9.17) is 15.1 Å². The predicted molar refractivity (Wildman–Crippen MR) is 124 cm³/mol. The second kappa shape index (κ2) is 10.4. The maximum atomic E-state index is 13.0. The molecule has 0 spiro atoms. The summed E-state index contributed by atoms with van der Waals surface area (Å²) in [4.78, 5) is 38.4. The van der Waals surface area contributed by atoms with E-state index in [9.17, 15) is 14.4 Å². The number of hydrogen-bond donors (Lipinski definition) is 2. The highest BCUT2D eigenvalue weighted by Crippen LogP contribution is 2.44. The number of carboxylic acid groups (broad SMARTS) is 1. The summed E-state index contributed by atoms with van der Waals surface area (Å²) in [6.07, 6.45) is 0.0978. The van der Waals surface area contributed by atoms with Crippen LogP contribution in [0, 0.1) is 17.2 Å². The average Bonchev–Trinajstić information content (AvgIpc) is 3.18. The van der Waals surface area contributed by atoms with Crippen LogP contribution in [0.25, 0.3) is 11.1 Å². The second-order valence-electron chi connectivity index (χ2n) is 8.68. The fraction of sp³-hybridized carbons (Fsp3) is 0.385. The molecule has 1 unspecified atom stereocenters. The SMILES string of the molecule is N#CC1CCN(C(=O)C(CCC(=O)O)NC(=O)OCC2c3ccccc3-c3ccccc32)CC1. The van der Waals surface area contributed by atoms with Crippen molar-refractivity contribution >= 4 is 18.0 Å². The number of carbonyl (C=O) groups excluding carboxylic acids is 2. The number of nitriles is 1. The van der Waals surface area contributed by atoms with Gasteiger partial charge in [0.1, 0.15) is 12.6 Å². The van der Waals surface area contributed by atoms with Crippen LogP contribution in [0.2, 0.25) is 0 Å². The van der Waals surface area contributed by atoms with Crippen molar-refractivity contribution in [2.45, 2.75) is 37.6 Å². The third-order valence-electron chi connectivity index (χ3n) is 6.57. The van der Waals surface area contributed by atoms with Crippen molar-refractivity contribution in [1.82, 2.24) is 10.2 Å². The first-order chi connectivity index (χ1) is 16.5. The number of likely N-dealkylation sites (tertiary alicyclic amines) is 1. The number of benzene rings is 2. The number of carboxylic acids is 1. The first-order valence-corrected chi connectivity index (χ1v) is 11.5. The Kier molecular flexibility index (Phi) is 7.12. The smallest absolute Gasteiger partial charge is 0.407 e. The molecule has 0 aromatic heterocycles. The summed E-state index contributed by atoms with van der Waals surface area (Å²) in [5.74, 6) is -1.59. The van der Waals surface area contributed by atoms with E-state index in [0.29, 0.717) is 25.9 Å². The molecule has 0 radical (unpaired) electrons. The van der Waals surface area contributed by atoms with Crippen LogP contribution in [0.1, 0.15) is 42.7 Å². The molecule has 4 rings (SSSR count). The number of rotatable bonds is 7. The topological polar surface area (TPSA) is 120 Å². The van der Waals surface area contributed by atoms with Gasteiger partial charge in [-0.3, -0.25) is 9.59 Å². The molecule has 2 aliphatic rings. The summed E-state index contributed by atoms with van der Waals surface area (Å²) in [7, 11) is 0. The van der Waals surface area contributed by atoms with Crippen LogP contribution in [-0.2, 0) is 14.3 Å². The molecule has 1 heterocycles. The molecule has 0 bridgehead atoms. The van der Waals surface area contributed by atoms with Gasteiger partial charge in [-0.15, -0.1) is 0 Å². The van der Waals surface area contributed by atoms with Crippen molar-refractivity contribution in [3.63, 3.8) is 0 Å². The molecule has 176 valence electrons. The Hall–Kier alpha value is -3.86. The molecule has 1 atom stereocenters. The number of ether oxygens (including phenoxy) is 1. The molecule has 1 saturated heterocycles. The predicted octanol–water partition coefficient (Wildman–Crippen LogP) is 3.52. The minimum atomic E-state index is -1.05. The summed E-state index contributed by atoms with van der Waals surface area (Å²) >= 11 is 0. The van der Waals surface area contributed by atoms with Crippen molar-refractivity contribution in [3.05, 3.63) is 59.7 Å². The van der Waals surface area contributed by atoms with Crippen LogP contribution >= 0.6 is 0 Å². The fourth-order valence-electron chi connectivity index (χ4n) is 4.76. The Bertz CT molecular complexity index is 1070. The van der Waals surface area contributed by atoms with Crippen LogP contribution in [0.15, 0.2) is 48.5 Å². The molecular weight excluding hydrogens is 434 g/mol. The van der Waals surface area contributed by atoms with Crippen molar-refractivity contribution in [2.75, 3.05) is 19.7 Å². The summed E-state index contributed by atoms with van der Waals surface area (Å²) < 4.78 is 5.54. The van der Waals surface area contributed by atoms with Gasteiger partial charge in [-0.1, -0.05) is 48.5 Å². The fourth-order valence-corrected chi connectivity index (χ4v) is 4.76. The van der Waals surface area contributed by atoms with Crippen LogP contribution in [0.4, 0.5) is 4.79 Å². The molecule has 2 amide bonds. The molecule has 1 aliphatic heterocycles. The van der Waals surface area contributed by atoms with Gasteiger partial charge in [0.05, 0.1) is 6.07 Å². The highest BCUT2D eigenvalue weighted by atomic mass is 16.5. The van der Waals surface area contributed by atoms with Crippen LogP contribution in [0.3, 0.4) is 0 Å². The zero-order valence-electron chi connectivity index (χ0n) is 18.8. The number of alkyl carbamates (subject to hydrolysis) is 1. The van der Waals surface area contributed by atoms with Gasteiger partial charge in [-0.2, -0.15) is 5.26 Å².